The lowest BCUT2D eigenvalue weighted by Gasteiger charge is -1.94. The molecular weight excluding hydrogens is 142 g/mol. The zero-order valence-corrected chi connectivity index (χ0v) is 6.50. The first-order valence-electron chi connectivity index (χ1n) is 3.87. The molecule has 1 aliphatic rings. The summed E-state index contributed by atoms with van der Waals surface area (Å²) in [5, 5.41) is 10.9. The number of nitrogens with one attached hydrogen (secondary N) is 1. The molecule has 1 fully saturated rings. The van der Waals surface area contributed by atoms with E-state index in [9.17, 15) is 0 Å². The van der Waals surface area contributed by atoms with Crippen LogP contribution in [0.25, 0.3) is 0 Å². The van der Waals surface area contributed by atoms with Gasteiger partial charge in [-0.1, -0.05) is 0 Å². The van der Waals surface area contributed by atoms with Gasteiger partial charge in [-0.2, -0.15) is 0 Å². The normalized spacial score (nSPS) is 17.2. The molecule has 4 heteroatoms. The topological polar surface area (TPSA) is 51.0 Å². The van der Waals surface area contributed by atoms with E-state index >= 15 is 0 Å². The Balaban J connectivity index is 1.85. The third-order valence-electron chi connectivity index (χ3n) is 1.69. The average molecular weight is 153 g/mol. The highest BCUT2D eigenvalue weighted by molar-refractivity contribution is 4.85. The molecular formula is C7H11N3O. The summed E-state index contributed by atoms with van der Waals surface area (Å²) < 4.78 is 5.18. The molecule has 1 aromatic heterocycles. The van der Waals surface area contributed by atoms with Crippen molar-refractivity contribution < 1.29 is 4.42 Å². The SMILES string of the molecule is Cc1nnc(CNC2CC2)o1. The zero-order chi connectivity index (χ0) is 7.68. The molecule has 4 nitrogen and oxygen atoms in total. The van der Waals surface area contributed by atoms with Crippen LogP contribution in [0.5, 0.6) is 0 Å². The molecule has 1 aromatic rings. The largest absolute Gasteiger partial charge is 0.424 e. The predicted molar refractivity (Wildman–Crippen MR) is 38.9 cm³/mol. The number of nitrogens with zero attached hydrogens (tertiary/aromatic N) is 2. The number of rotatable bonds is 3. The molecule has 0 amide bonds. The Kier molecular flexibility index (Phi) is 1.62. The highest BCUT2D eigenvalue weighted by atomic mass is 16.4. The van der Waals surface area contributed by atoms with Crippen molar-refractivity contribution >= 4 is 0 Å². The van der Waals surface area contributed by atoms with E-state index < -0.39 is 0 Å². The van der Waals surface area contributed by atoms with E-state index in [1.807, 2.05) is 0 Å². The summed E-state index contributed by atoms with van der Waals surface area (Å²) in [5.74, 6) is 1.33. The minimum atomic E-state index is 0.637. The molecule has 0 saturated heterocycles. The van der Waals surface area contributed by atoms with Crippen LogP contribution in [0.3, 0.4) is 0 Å². The third-order valence-corrected chi connectivity index (χ3v) is 1.69. The lowest BCUT2D eigenvalue weighted by atomic mass is 10.6. The molecule has 0 aromatic carbocycles. The molecule has 11 heavy (non-hydrogen) atoms. The molecule has 1 saturated carbocycles. The summed E-state index contributed by atoms with van der Waals surface area (Å²) in [6, 6.07) is 0.696. The van der Waals surface area contributed by atoms with Gasteiger partial charge in [0.2, 0.25) is 11.8 Å². The molecule has 0 radical (unpaired) electrons. The Labute approximate surface area is 65.0 Å². The highest BCUT2D eigenvalue weighted by Gasteiger charge is 2.20. The van der Waals surface area contributed by atoms with Crippen LogP contribution in [-0.2, 0) is 6.54 Å². The number of hydrogen-bond donors (Lipinski definition) is 1. The van der Waals surface area contributed by atoms with Gasteiger partial charge in [0.25, 0.3) is 0 Å². The molecule has 0 unspecified atom stereocenters. The van der Waals surface area contributed by atoms with Gasteiger partial charge in [0.1, 0.15) is 0 Å². The van der Waals surface area contributed by atoms with Gasteiger partial charge in [-0.15, -0.1) is 10.2 Å². The number of hydrogen-bond acceptors (Lipinski definition) is 4. The van der Waals surface area contributed by atoms with Gasteiger partial charge >= 0.3 is 0 Å². The lowest BCUT2D eigenvalue weighted by Crippen LogP contribution is -2.15. The van der Waals surface area contributed by atoms with Gasteiger partial charge < -0.3 is 9.73 Å². The fourth-order valence-corrected chi connectivity index (χ4v) is 0.928. The zero-order valence-electron chi connectivity index (χ0n) is 6.50. The first kappa shape index (κ1) is 6.79. The summed E-state index contributed by atoms with van der Waals surface area (Å²) in [5.41, 5.74) is 0. The van der Waals surface area contributed by atoms with Crippen LogP contribution in [0.1, 0.15) is 24.6 Å². The van der Waals surface area contributed by atoms with Crippen LogP contribution in [0, 0.1) is 6.92 Å². The molecule has 0 atom stereocenters. The van der Waals surface area contributed by atoms with Crippen LogP contribution >= 0.6 is 0 Å². The Morgan fingerprint density at radius 1 is 1.55 bits per heavy atom. The summed E-state index contributed by atoms with van der Waals surface area (Å²) >= 11 is 0. The predicted octanol–water partition coefficient (Wildman–Crippen LogP) is 0.630. The number of aryl methyl sites for hydroxylation is 1. The fraction of sp³-hybridized carbons (Fsp3) is 0.714. The van der Waals surface area contributed by atoms with Crippen molar-refractivity contribution in [3.05, 3.63) is 11.8 Å². The van der Waals surface area contributed by atoms with E-state index in [0.29, 0.717) is 24.4 Å². The van der Waals surface area contributed by atoms with Crippen molar-refractivity contribution in [2.45, 2.75) is 32.4 Å². The van der Waals surface area contributed by atoms with Crippen molar-refractivity contribution in [3.8, 4) is 0 Å². The maximum Gasteiger partial charge on any atom is 0.230 e. The van der Waals surface area contributed by atoms with Gasteiger partial charge in [-0.05, 0) is 12.8 Å². The van der Waals surface area contributed by atoms with Gasteiger partial charge in [-0.25, -0.2) is 0 Å². The summed E-state index contributed by atoms with van der Waals surface area (Å²) in [6.07, 6.45) is 2.57. The second kappa shape index (κ2) is 2.62. The second-order valence-electron chi connectivity index (χ2n) is 2.87. The molecule has 0 aliphatic heterocycles. The standard InChI is InChI=1S/C7H11N3O/c1-5-9-10-7(11-5)4-8-6-2-3-6/h6,8H,2-4H2,1H3. The van der Waals surface area contributed by atoms with Crippen molar-refractivity contribution in [3.63, 3.8) is 0 Å². The maximum atomic E-state index is 5.18. The Bertz CT molecular complexity index is 242. The van der Waals surface area contributed by atoms with E-state index in [-0.39, 0.29) is 0 Å². The van der Waals surface area contributed by atoms with Crippen LogP contribution in [0.15, 0.2) is 4.42 Å². The quantitative estimate of drug-likeness (QED) is 0.692. The van der Waals surface area contributed by atoms with Crippen LogP contribution in [0.2, 0.25) is 0 Å². The Hall–Kier alpha value is -0.900. The van der Waals surface area contributed by atoms with Crippen LogP contribution < -0.4 is 5.32 Å². The highest BCUT2D eigenvalue weighted by Crippen LogP contribution is 2.18. The van der Waals surface area contributed by atoms with E-state index in [1.54, 1.807) is 6.92 Å². The van der Waals surface area contributed by atoms with Crippen LogP contribution in [-0.4, -0.2) is 16.2 Å². The number of aromatic nitrogens is 2. The molecule has 1 aliphatic carbocycles. The van der Waals surface area contributed by atoms with Gasteiger partial charge in [-0.3, -0.25) is 0 Å². The van der Waals surface area contributed by atoms with E-state index in [0.717, 1.165) is 0 Å². The van der Waals surface area contributed by atoms with E-state index in [4.69, 9.17) is 4.42 Å². The van der Waals surface area contributed by atoms with Gasteiger partial charge in [0, 0.05) is 13.0 Å². The van der Waals surface area contributed by atoms with E-state index in [2.05, 4.69) is 15.5 Å². The fourth-order valence-electron chi connectivity index (χ4n) is 0.928. The summed E-state index contributed by atoms with van der Waals surface area (Å²) in [6.45, 7) is 2.51. The average Bonchev–Trinajstić information content (AvgIpc) is 2.72. The monoisotopic (exact) mass is 153 g/mol. The minimum Gasteiger partial charge on any atom is -0.424 e. The van der Waals surface area contributed by atoms with Crippen molar-refractivity contribution in [2.75, 3.05) is 0 Å². The Morgan fingerprint density at radius 2 is 2.36 bits per heavy atom. The molecule has 0 bridgehead atoms. The van der Waals surface area contributed by atoms with Crippen molar-refractivity contribution in [1.82, 2.24) is 15.5 Å². The molecule has 1 heterocycles. The second-order valence-corrected chi connectivity index (χ2v) is 2.87. The first-order valence-corrected chi connectivity index (χ1v) is 3.87. The summed E-state index contributed by atoms with van der Waals surface area (Å²) in [7, 11) is 0. The molecule has 2 rings (SSSR count). The van der Waals surface area contributed by atoms with Crippen molar-refractivity contribution in [1.29, 1.82) is 0 Å². The summed E-state index contributed by atoms with van der Waals surface area (Å²) in [4.78, 5) is 0. The molecule has 1 N–H and O–H groups in total. The van der Waals surface area contributed by atoms with Gasteiger partial charge in [0.05, 0.1) is 6.54 Å². The molecule has 60 valence electrons. The first-order chi connectivity index (χ1) is 5.34. The third kappa shape index (κ3) is 1.77. The van der Waals surface area contributed by atoms with Crippen molar-refractivity contribution in [2.24, 2.45) is 0 Å². The Morgan fingerprint density at radius 3 is 2.91 bits per heavy atom. The molecule has 0 spiro atoms. The van der Waals surface area contributed by atoms with Crippen LogP contribution in [0.4, 0.5) is 0 Å². The minimum absolute atomic E-state index is 0.637. The van der Waals surface area contributed by atoms with E-state index in [1.165, 1.54) is 12.8 Å². The van der Waals surface area contributed by atoms with Gasteiger partial charge in [0.15, 0.2) is 0 Å². The maximum absolute atomic E-state index is 5.18. The smallest absolute Gasteiger partial charge is 0.230 e. The lowest BCUT2D eigenvalue weighted by molar-refractivity contribution is 0.446.